The topological polar surface area (TPSA) is 0 Å². The molecule has 1 unspecified atom stereocenters. The average Bonchev–Trinajstić information content (AvgIpc) is 2.74. The molecule has 0 radical (unpaired) electrons. The molecule has 0 amide bonds. The van der Waals surface area contributed by atoms with Crippen LogP contribution in [0.2, 0.25) is 0 Å². The lowest BCUT2D eigenvalue weighted by molar-refractivity contribution is 0.453. The Morgan fingerprint density at radius 2 is 1.57 bits per heavy atom. The fraction of sp³-hybridized carbons (Fsp3) is 0.280. The first-order valence-electron chi connectivity index (χ1n) is 10.1. The third-order valence-electron chi connectivity index (χ3n) is 5.90. The predicted molar refractivity (Wildman–Crippen MR) is 107 cm³/mol. The first kappa shape index (κ1) is 20.6. The minimum absolute atomic E-state index is 0.0305. The smallest absolute Gasteiger partial charge is 0.169 e. The summed E-state index contributed by atoms with van der Waals surface area (Å²) >= 11 is 0. The molecule has 0 aliphatic heterocycles. The molecule has 0 bridgehead atoms. The molecule has 0 spiro atoms. The van der Waals surface area contributed by atoms with E-state index >= 15 is 4.39 Å². The van der Waals surface area contributed by atoms with Crippen LogP contribution >= 0.6 is 0 Å². The van der Waals surface area contributed by atoms with E-state index in [4.69, 9.17) is 0 Å². The summed E-state index contributed by atoms with van der Waals surface area (Å²) in [6.07, 6.45) is 2.30. The Kier molecular flexibility index (Phi) is 5.63. The largest absolute Gasteiger partial charge is 0.207 e. The second-order valence-corrected chi connectivity index (χ2v) is 7.83. The molecule has 0 saturated carbocycles. The van der Waals surface area contributed by atoms with Gasteiger partial charge in [-0.3, -0.25) is 0 Å². The van der Waals surface area contributed by atoms with Crippen LogP contribution in [-0.2, 0) is 19.3 Å². The number of halogens is 5. The molecule has 1 aliphatic carbocycles. The van der Waals surface area contributed by atoms with E-state index in [9.17, 15) is 17.6 Å². The molecule has 0 saturated heterocycles. The van der Waals surface area contributed by atoms with Crippen molar-refractivity contribution >= 4 is 0 Å². The van der Waals surface area contributed by atoms with Crippen molar-refractivity contribution < 1.29 is 22.0 Å². The molecule has 1 aliphatic rings. The lowest BCUT2D eigenvalue weighted by atomic mass is 9.78. The van der Waals surface area contributed by atoms with Crippen molar-refractivity contribution in [3.05, 3.63) is 93.8 Å². The maximum Gasteiger partial charge on any atom is 0.169 e. The molecular formula is C25H21F5. The van der Waals surface area contributed by atoms with E-state index in [-0.39, 0.29) is 41.3 Å². The van der Waals surface area contributed by atoms with Crippen LogP contribution in [0.15, 0.2) is 42.5 Å². The Hall–Kier alpha value is -2.69. The van der Waals surface area contributed by atoms with Crippen molar-refractivity contribution in [2.24, 2.45) is 0 Å². The summed E-state index contributed by atoms with van der Waals surface area (Å²) < 4.78 is 72.7. The zero-order valence-corrected chi connectivity index (χ0v) is 16.5. The quantitative estimate of drug-likeness (QED) is 0.310. The molecule has 0 N–H and O–H groups in total. The van der Waals surface area contributed by atoms with Crippen LogP contribution < -0.4 is 0 Å². The SMILES string of the molecule is CCCc1ccc(C2CCc3c(F)c(-c4ccc(F)cc4)c(F)c(F)c3C2)c(F)c1. The highest BCUT2D eigenvalue weighted by atomic mass is 19.2. The number of rotatable bonds is 4. The summed E-state index contributed by atoms with van der Waals surface area (Å²) in [6, 6.07) is 9.64. The highest BCUT2D eigenvalue weighted by Crippen LogP contribution is 2.40. The van der Waals surface area contributed by atoms with Gasteiger partial charge in [0.1, 0.15) is 17.5 Å². The predicted octanol–water partition coefficient (Wildman–Crippen LogP) is 7.27. The van der Waals surface area contributed by atoms with Gasteiger partial charge >= 0.3 is 0 Å². The summed E-state index contributed by atoms with van der Waals surface area (Å²) in [6.45, 7) is 2.01. The van der Waals surface area contributed by atoms with Gasteiger partial charge < -0.3 is 0 Å². The number of fused-ring (bicyclic) bond motifs is 1. The summed E-state index contributed by atoms with van der Waals surface area (Å²) in [5, 5.41) is 0. The van der Waals surface area contributed by atoms with Gasteiger partial charge in [-0.05, 0) is 77.6 Å². The Balaban J connectivity index is 1.72. The van der Waals surface area contributed by atoms with Crippen LogP contribution in [0.1, 0.15) is 47.9 Å². The van der Waals surface area contributed by atoms with E-state index in [1.54, 1.807) is 6.07 Å². The first-order valence-corrected chi connectivity index (χ1v) is 10.1. The van der Waals surface area contributed by atoms with E-state index in [0.29, 0.717) is 12.0 Å². The van der Waals surface area contributed by atoms with Crippen LogP contribution in [0, 0.1) is 29.1 Å². The summed E-state index contributed by atoms with van der Waals surface area (Å²) in [5.74, 6) is -4.49. The molecule has 156 valence electrons. The molecule has 0 heterocycles. The maximum absolute atomic E-state index is 15.2. The van der Waals surface area contributed by atoms with Crippen LogP contribution in [0.25, 0.3) is 11.1 Å². The fourth-order valence-corrected chi connectivity index (χ4v) is 4.38. The second-order valence-electron chi connectivity index (χ2n) is 7.83. The Bertz CT molecular complexity index is 1090. The summed E-state index contributed by atoms with van der Waals surface area (Å²) in [7, 11) is 0. The monoisotopic (exact) mass is 416 g/mol. The van der Waals surface area contributed by atoms with Crippen LogP contribution in [0.4, 0.5) is 22.0 Å². The van der Waals surface area contributed by atoms with E-state index in [0.717, 1.165) is 30.5 Å². The van der Waals surface area contributed by atoms with Gasteiger partial charge in [0, 0.05) is 0 Å². The van der Waals surface area contributed by atoms with Crippen LogP contribution in [0.5, 0.6) is 0 Å². The molecular weight excluding hydrogens is 395 g/mol. The molecule has 0 nitrogen and oxygen atoms in total. The third kappa shape index (κ3) is 3.62. The van der Waals surface area contributed by atoms with Gasteiger partial charge in [-0.2, -0.15) is 0 Å². The molecule has 0 aromatic heterocycles. The number of aryl methyl sites for hydroxylation is 1. The average molecular weight is 416 g/mol. The lowest BCUT2D eigenvalue weighted by Crippen LogP contribution is -2.19. The molecule has 3 aromatic carbocycles. The maximum atomic E-state index is 15.2. The van der Waals surface area contributed by atoms with Gasteiger partial charge in [0.05, 0.1) is 5.56 Å². The zero-order chi connectivity index (χ0) is 21.4. The fourth-order valence-electron chi connectivity index (χ4n) is 4.38. The number of hydrogen-bond donors (Lipinski definition) is 0. The van der Waals surface area contributed by atoms with E-state index in [1.807, 2.05) is 13.0 Å². The van der Waals surface area contributed by atoms with Gasteiger partial charge in [-0.25, -0.2) is 22.0 Å². The van der Waals surface area contributed by atoms with Crippen molar-refractivity contribution in [2.45, 2.75) is 44.9 Å². The van der Waals surface area contributed by atoms with Gasteiger partial charge in [-0.1, -0.05) is 37.6 Å². The minimum Gasteiger partial charge on any atom is -0.207 e. The van der Waals surface area contributed by atoms with Crippen molar-refractivity contribution in [3.63, 3.8) is 0 Å². The summed E-state index contributed by atoms with van der Waals surface area (Å²) in [5.41, 5.74) is 1.01. The molecule has 5 heteroatoms. The Labute approximate surface area is 172 Å². The number of benzene rings is 3. The van der Waals surface area contributed by atoms with Crippen molar-refractivity contribution in [2.75, 3.05) is 0 Å². The standard InChI is InChI=1S/C25H21F5/c1-2-3-14-4-10-18(21(27)12-14)16-7-11-19-20(13-16)24(29)25(30)22(23(19)28)15-5-8-17(26)9-6-15/h4-6,8-10,12,16H,2-3,7,11,13H2,1H3. The number of hydrogen-bond acceptors (Lipinski definition) is 0. The molecule has 1 atom stereocenters. The van der Waals surface area contributed by atoms with Gasteiger partial charge in [-0.15, -0.1) is 0 Å². The van der Waals surface area contributed by atoms with Gasteiger partial charge in [0.2, 0.25) is 0 Å². The first-order chi connectivity index (χ1) is 14.4. The van der Waals surface area contributed by atoms with E-state index < -0.39 is 28.8 Å². The van der Waals surface area contributed by atoms with Crippen molar-refractivity contribution in [3.8, 4) is 11.1 Å². The summed E-state index contributed by atoms with van der Waals surface area (Å²) in [4.78, 5) is 0. The minimum atomic E-state index is -1.29. The van der Waals surface area contributed by atoms with Crippen LogP contribution in [-0.4, -0.2) is 0 Å². The Morgan fingerprint density at radius 1 is 0.833 bits per heavy atom. The molecule has 3 aromatic rings. The highest BCUT2D eigenvalue weighted by molar-refractivity contribution is 5.67. The highest BCUT2D eigenvalue weighted by Gasteiger charge is 2.31. The van der Waals surface area contributed by atoms with Gasteiger partial charge in [0.15, 0.2) is 11.6 Å². The molecule has 4 rings (SSSR count). The van der Waals surface area contributed by atoms with Crippen molar-refractivity contribution in [1.82, 2.24) is 0 Å². The second kappa shape index (κ2) is 8.21. The van der Waals surface area contributed by atoms with E-state index in [2.05, 4.69) is 0 Å². The zero-order valence-electron chi connectivity index (χ0n) is 16.5. The normalized spacial score (nSPS) is 15.9. The van der Waals surface area contributed by atoms with Gasteiger partial charge in [0.25, 0.3) is 0 Å². The van der Waals surface area contributed by atoms with Crippen molar-refractivity contribution in [1.29, 1.82) is 0 Å². The lowest BCUT2D eigenvalue weighted by Gasteiger charge is -2.27. The Morgan fingerprint density at radius 3 is 2.23 bits per heavy atom. The molecule has 0 fully saturated rings. The molecule has 30 heavy (non-hydrogen) atoms. The van der Waals surface area contributed by atoms with E-state index in [1.165, 1.54) is 18.2 Å². The third-order valence-corrected chi connectivity index (χ3v) is 5.90. The van der Waals surface area contributed by atoms with Crippen LogP contribution in [0.3, 0.4) is 0 Å².